The lowest BCUT2D eigenvalue weighted by molar-refractivity contribution is -0.141. The van der Waals surface area contributed by atoms with Crippen molar-refractivity contribution in [2.75, 3.05) is 13.7 Å². The summed E-state index contributed by atoms with van der Waals surface area (Å²) in [6.45, 7) is 1.64. The van der Waals surface area contributed by atoms with Crippen molar-refractivity contribution >= 4 is 5.97 Å². The molecule has 0 aliphatic heterocycles. The highest BCUT2D eigenvalue weighted by atomic mass is 19.4. The van der Waals surface area contributed by atoms with Gasteiger partial charge in [-0.25, -0.2) is 4.79 Å². The summed E-state index contributed by atoms with van der Waals surface area (Å²) >= 11 is 0. The predicted molar refractivity (Wildman–Crippen MR) is 50.8 cm³/mol. The molecular formula is C9H11F3N2O3. The van der Waals surface area contributed by atoms with E-state index in [4.69, 9.17) is 9.84 Å². The van der Waals surface area contributed by atoms with Crippen molar-refractivity contribution < 1.29 is 27.8 Å². The molecule has 0 aromatic carbocycles. The van der Waals surface area contributed by atoms with E-state index < -0.39 is 29.3 Å². The molecule has 1 aromatic rings. The summed E-state index contributed by atoms with van der Waals surface area (Å²) in [6, 6.07) is 0. The number of hydrogen-bond donors (Lipinski definition) is 2. The number of halogens is 3. The van der Waals surface area contributed by atoms with Gasteiger partial charge in [0.15, 0.2) is 5.69 Å². The Hall–Kier alpha value is -1.57. The van der Waals surface area contributed by atoms with E-state index in [9.17, 15) is 18.0 Å². The third-order valence-corrected chi connectivity index (χ3v) is 2.19. The Balaban J connectivity index is 3.25. The van der Waals surface area contributed by atoms with Gasteiger partial charge in [0.05, 0.1) is 12.3 Å². The van der Waals surface area contributed by atoms with E-state index in [1.54, 1.807) is 6.92 Å². The SMILES string of the molecule is COCC(C)c1[nH]nc(C(F)(F)F)c1C(=O)O. The van der Waals surface area contributed by atoms with Crippen LogP contribution in [0.3, 0.4) is 0 Å². The molecule has 0 radical (unpaired) electrons. The number of aromatic amines is 1. The van der Waals surface area contributed by atoms with E-state index in [1.165, 1.54) is 7.11 Å². The number of carboxylic acid groups (broad SMARTS) is 1. The fourth-order valence-electron chi connectivity index (χ4n) is 1.47. The van der Waals surface area contributed by atoms with Gasteiger partial charge in [0.2, 0.25) is 0 Å². The van der Waals surface area contributed by atoms with Gasteiger partial charge in [0.1, 0.15) is 5.56 Å². The Morgan fingerprint density at radius 3 is 2.59 bits per heavy atom. The van der Waals surface area contributed by atoms with Gasteiger partial charge in [-0.05, 0) is 0 Å². The van der Waals surface area contributed by atoms with Gasteiger partial charge < -0.3 is 9.84 Å². The lowest BCUT2D eigenvalue weighted by Crippen LogP contribution is -2.14. The second-order valence-corrected chi connectivity index (χ2v) is 3.52. The van der Waals surface area contributed by atoms with E-state index in [2.05, 4.69) is 10.2 Å². The summed E-state index contributed by atoms with van der Waals surface area (Å²) in [7, 11) is 1.37. The Labute approximate surface area is 94.6 Å². The molecule has 96 valence electrons. The maximum atomic E-state index is 12.5. The first-order chi connectivity index (χ1) is 7.79. The second-order valence-electron chi connectivity index (χ2n) is 3.52. The minimum Gasteiger partial charge on any atom is -0.478 e. The number of carbonyl (C=O) groups is 1. The third-order valence-electron chi connectivity index (χ3n) is 2.19. The summed E-state index contributed by atoms with van der Waals surface area (Å²) in [4.78, 5) is 10.9. The van der Waals surface area contributed by atoms with E-state index in [1.807, 2.05) is 0 Å². The first-order valence-corrected chi connectivity index (χ1v) is 4.66. The molecule has 0 aliphatic carbocycles. The third kappa shape index (κ3) is 2.76. The monoisotopic (exact) mass is 252 g/mol. The number of ether oxygens (including phenoxy) is 1. The maximum Gasteiger partial charge on any atom is 0.436 e. The van der Waals surface area contributed by atoms with Crippen LogP contribution in [0.5, 0.6) is 0 Å². The largest absolute Gasteiger partial charge is 0.478 e. The van der Waals surface area contributed by atoms with Crippen molar-refractivity contribution in [2.24, 2.45) is 0 Å². The molecule has 0 saturated heterocycles. The summed E-state index contributed by atoms with van der Waals surface area (Å²) in [5, 5.41) is 14.0. The van der Waals surface area contributed by atoms with Crippen LogP contribution in [0.15, 0.2) is 0 Å². The predicted octanol–water partition coefficient (Wildman–Crippen LogP) is 1.88. The summed E-state index contributed by atoms with van der Waals surface area (Å²) in [5.74, 6) is -2.18. The number of carboxylic acids is 1. The molecule has 2 N–H and O–H groups in total. The highest BCUT2D eigenvalue weighted by Gasteiger charge is 2.41. The molecular weight excluding hydrogens is 241 g/mol. The van der Waals surface area contributed by atoms with Crippen LogP contribution in [0.1, 0.15) is 34.6 Å². The van der Waals surface area contributed by atoms with Gasteiger partial charge >= 0.3 is 12.1 Å². The Morgan fingerprint density at radius 1 is 1.59 bits per heavy atom. The molecule has 1 atom stereocenters. The van der Waals surface area contributed by atoms with E-state index in [0.29, 0.717) is 0 Å². The average Bonchev–Trinajstić information content (AvgIpc) is 2.61. The molecule has 1 rings (SSSR count). The van der Waals surface area contributed by atoms with Crippen LogP contribution in [-0.2, 0) is 10.9 Å². The minimum absolute atomic E-state index is 0.0910. The first kappa shape index (κ1) is 13.5. The number of nitrogens with one attached hydrogen (secondary N) is 1. The van der Waals surface area contributed by atoms with Crippen molar-refractivity contribution in [3.63, 3.8) is 0 Å². The fourth-order valence-corrected chi connectivity index (χ4v) is 1.47. The van der Waals surface area contributed by atoms with Gasteiger partial charge in [-0.1, -0.05) is 6.92 Å². The zero-order valence-corrected chi connectivity index (χ0v) is 9.13. The number of methoxy groups -OCH3 is 1. The minimum atomic E-state index is -4.80. The van der Waals surface area contributed by atoms with E-state index in [0.717, 1.165) is 0 Å². The molecule has 1 heterocycles. The highest BCUT2D eigenvalue weighted by molar-refractivity contribution is 5.90. The molecule has 0 spiro atoms. The Bertz CT molecular complexity index is 414. The van der Waals surface area contributed by atoms with Crippen LogP contribution in [0.2, 0.25) is 0 Å². The molecule has 0 saturated carbocycles. The summed E-state index contributed by atoms with van der Waals surface area (Å²) in [6.07, 6.45) is -4.80. The molecule has 17 heavy (non-hydrogen) atoms. The van der Waals surface area contributed by atoms with Crippen LogP contribution in [0.4, 0.5) is 13.2 Å². The van der Waals surface area contributed by atoms with Crippen LogP contribution in [0.25, 0.3) is 0 Å². The molecule has 0 bridgehead atoms. The van der Waals surface area contributed by atoms with Crippen molar-refractivity contribution in [3.05, 3.63) is 17.0 Å². The number of rotatable bonds is 4. The zero-order valence-electron chi connectivity index (χ0n) is 9.13. The van der Waals surface area contributed by atoms with E-state index in [-0.39, 0.29) is 12.3 Å². The Morgan fingerprint density at radius 2 is 2.18 bits per heavy atom. The van der Waals surface area contributed by atoms with Crippen molar-refractivity contribution in [1.29, 1.82) is 0 Å². The van der Waals surface area contributed by atoms with Crippen molar-refractivity contribution in [1.82, 2.24) is 10.2 Å². The number of hydrogen-bond acceptors (Lipinski definition) is 3. The molecule has 1 unspecified atom stereocenters. The molecule has 5 nitrogen and oxygen atoms in total. The molecule has 1 aromatic heterocycles. The molecule has 0 aliphatic rings. The van der Waals surface area contributed by atoms with Gasteiger partial charge in [-0.3, -0.25) is 5.10 Å². The summed E-state index contributed by atoms with van der Waals surface area (Å²) < 4.78 is 42.2. The maximum absolute atomic E-state index is 12.5. The van der Waals surface area contributed by atoms with Crippen molar-refractivity contribution in [3.8, 4) is 0 Å². The molecule has 8 heteroatoms. The number of nitrogens with zero attached hydrogens (tertiary/aromatic N) is 1. The van der Waals surface area contributed by atoms with Crippen LogP contribution in [0, 0.1) is 0 Å². The lowest BCUT2D eigenvalue weighted by Gasteiger charge is -2.09. The van der Waals surface area contributed by atoms with Crippen molar-refractivity contribution in [2.45, 2.75) is 19.0 Å². The second kappa shape index (κ2) is 4.74. The van der Waals surface area contributed by atoms with Gasteiger partial charge in [-0.2, -0.15) is 18.3 Å². The smallest absolute Gasteiger partial charge is 0.436 e. The van der Waals surface area contributed by atoms with Crippen LogP contribution < -0.4 is 0 Å². The number of H-pyrrole nitrogens is 1. The molecule has 0 amide bonds. The Kier molecular flexibility index (Phi) is 3.76. The van der Waals surface area contributed by atoms with Gasteiger partial charge in [-0.15, -0.1) is 0 Å². The average molecular weight is 252 g/mol. The quantitative estimate of drug-likeness (QED) is 0.857. The fraction of sp³-hybridized carbons (Fsp3) is 0.556. The van der Waals surface area contributed by atoms with Gasteiger partial charge in [0, 0.05) is 13.0 Å². The molecule has 0 fully saturated rings. The first-order valence-electron chi connectivity index (χ1n) is 4.66. The normalized spacial score (nSPS) is 13.7. The van der Waals surface area contributed by atoms with E-state index >= 15 is 0 Å². The summed E-state index contributed by atoms with van der Waals surface area (Å²) in [5.41, 5.74) is -2.35. The number of aromatic carboxylic acids is 1. The topological polar surface area (TPSA) is 75.2 Å². The van der Waals surface area contributed by atoms with Gasteiger partial charge in [0.25, 0.3) is 0 Å². The van der Waals surface area contributed by atoms with Crippen LogP contribution >= 0.6 is 0 Å². The number of alkyl halides is 3. The highest BCUT2D eigenvalue weighted by Crippen LogP contribution is 2.33. The standard InChI is InChI=1S/C9H11F3N2O3/c1-4(3-17-2)6-5(8(15)16)7(14-13-6)9(10,11)12/h4H,3H2,1-2H3,(H,13,14)(H,15,16). The zero-order chi connectivity index (χ0) is 13.2. The number of aromatic nitrogens is 2. The van der Waals surface area contributed by atoms with Crippen LogP contribution in [-0.4, -0.2) is 35.0 Å². The lowest BCUT2D eigenvalue weighted by atomic mass is 10.0.